The number of ether oxygens (including phenoxy) is 1. The minimum atomic E-state index is -0.0520. The summed E-state index contributed by atoms with van der Waals surface area (Å²) in [5.74, 6) is 0.766. The van der Waals surface area contributed by atoms with E-state index in [9.17, 15) is 9.59 Å². The normalized spacial score (nSPS) is 11.0. The van der Waals surface area contributed by atoms with Crippen LogP contribution >= 0.6 is 0 Å². The van der Waals surface area contributed by atoms with Crippen LogP contribution in [0, 0.1) is 6.92 Å². The number of carbonyl (C=O) groups excluding carboxylic acids is 1. The third-order valence-electron chi connectivity index (χ3n) is 5.19. The van der Waals surface area contributed by atoms with Crippen molar-refractivity contribution >= 4 is 16.9 Å². The smallest absolute Gasteiger partial charge is 0.329 e. The van der Waals surface area contributed by atoms with Crippen molar-refractivity contribution in [2.45, 2.75) is 46.3 Å². The predicted molar refractivity (Wildman–Crippen MR) is 115 cm³/mol. The maximum atomic E-state index is 12.9. The first kappa shape index (κ1) is 20.7. The molecule has 0 fully saturated rings. The fourth-order valence-electron chi connectivity index (χ4n) is 3.70. The molecular formula is C23H29N3O3. The Labute approximate surface area is 171 Å². The summed E-state index contributed by atoms with van der Waals surface area (Å²) < 4.78 is 8.92. The summed E-state index contributed by atoms with van der Waals surface area (Å²) in [6.07, 6.45) is 1.15. The van der Waals surface area contributed by atoms with Crippen LogP contribution in [-0.2, 0) is 24.4 Å². The number of aromatic nitrogens is 2. The molecule has 0 bridgehead atoms. The summed E-state index contributed by atoms with van der Waals surface area (Å²) in [4.78, 5) is 27.3. The van der Waals surface area contributed by atoms with Crippen molar-refractivity contribution in [3.05, 3.63) is 64.1 Å². The first-order valence-electron chi connectivity index (χ1n) is 10.0. The number of imidazole rings is 1. The molecule has 1 aromatic heterocycles. The molecule has 0 radical (unpaired) electrons. The highest BCUT2D eigenvalue weighted by Crippen LogP contribution is 2.21. The standard InChI is InChI=1S/C23H29N3O3/c1-5-13-25-19-8-6-7-9-20(19)26(23(25)28)14-12-22(27)24(3)16-18-15-17(2)10-11-21(18)29-4/h6-11,15H,5,12-14,16H2,1-4H3. The zero-order valence-electron chi connectivity index (χ0n) is 17.6. The third kappa shape index (κ3) is 4.36. The Morgan fingerprint density at radius 1 is 1.07 bits per heavy atom. The molecule has 1 amide bonds. The highest BCUT2D eigenvalue weighted by atomic mass is 16.5. The maximum absolute atomic E-state index is 12.9. The number of hydrogen-bond acceptors (Lipinski definition) is 3. The Hall–Kier alpha value is -3.02. The molecule has 3 rings (SSSR count). The lowest BCUT2D eigenvalue weighted by Gasteiger charge is -2.19. The molecule has 0 aliphatic heterocycles. The lowest BCUT2D eigenvalue weighted by molar-refractivity contribution is -0.130. The molecule has 3 aromatic rings. The van der Waals surface area contributed by atoms with Crippen LogP contribution in [0.25, 0.3) is 11.0 Å². The van der Waals surface area contributed by atoms with Crippen molar-refractivity contribution in [3.63, 3.8) is 0 Å². The van der Waals surface area contributed by atoms with E-state index in [1.54, 1.807) is 28.2 Å². The number of carbonyl (C=O) groups is 1. The summed E-state index contributed by atoms with van der Waals surface area (Å²) in [5.41, 5.74) is 3.84. The monoisotopic (exact) mass is 395 g/mol. The molecule has 2 aromatic carbocycles. The highest BCUT2D eigenvalue weighted by molar-refractivity contribution is 5.78. The van der Waals surface area contributed by atoms with Crippen molar-refractivity contribution in [1.82, 2.24) is 14.0 Å². The van der Waals surface area contributed by atoms with Crippen LogP contribution in [0.5, 0.6) is 5.75 Å². The Balaban J connectivity index is 1.75. The molecule has 0 saturated heterocycles. The van der Waals surface area contributed by atoms with E-state index in [1.165, 1.54) is 0 Å². The van der Waals surface area contributed by atoms with E-state index < -0.39 is 0 Å². The summed E-state index contributed by atoms with van der Waals surface area (Å²) in [7, 11) is 3.42. The Kier molecular flexibility index (Phi) is 6.42. The molecule has 0 aliphatic carbocycles. The van der Waals surface area contributed by atoms with Gasteiger partial charge in [0.1, 0.15) is 5.75 Å². The van der Waals surface area contributed by atoms with E-state index in [-0.39, 0.29) is 18.0 Å². The number of rotatable bonds is 8. The van der Waals surface area contributed by atoms with Crippen LogP contribution in [0.4, 0.5) is 0 Å². The van der Waals surface area contributed by atoms with E-state index >= 15 is 0 Å². The van der Waals surface area contributed by atoms with Crippen LogP contribution in [0.1, 0.15) is 30.9 Å². The molecule has 29 heavy (non-hydrogen) atoms. The maximum Gasteiger partial charge on any atom is 0.329 e. The van der Waals surface area contributed by atoms with Crippen LogP contribution in [0.3, 0.4) is 0 Å². The lowest BCUT2D eigenvalue weighted by Crippen LogP contribution is -2.30. The second-order valence-electron chi connectivity index (χ2n) is 7.39. The Morgan fingerprint density at radius 3 is 2.34 bits per heavy atom. The van der Waals surface area contributed by atoms with Gasteiger partial charge in [-0.2, -0.15) is 0 Å². The van der Waals surface area contributed by atoms with Gasteiger partial charge in [0.2, 0.25) is 5.91 Å². The fraction of sp³-hybridized carbons (Fsp3) is 0.391. The van der Waals surface area contributed by atoms with Crippen LogP contribution in [0.2, 0.25) is 0 Å². The first-order chi connectivity index (χ1) is 14.0. The van der Waals surface area contributed by atoms with Gasteiger partial charge in [0.05, 0.1) is 18.1 Å². The number of aryl methyl sites for hydroxylation is 3. The summed E-state index contributed by atoms with van der Waals surface area (Å²) in [6, 6.07) is 13.7. The molecule has 0 unspecified atom stereocenters. The van der Waals surface area contributed by atoms with Crippen molar-refractivity contribution in [3.8, 4) is 5.75 Å². The molecule has 0 aliphatic rings. The molecule has 154 valence electrons. The fourth-order valence-corrected chi connectivity index (χ4v) is 3.70. The van der Waals surface area contributed by atoms with Crippen LogP contribution < -0.4 is 10.4 Å². The van der Waals surface area contributed by atoms with Gasteiger partial charge in [-0.3, -0.25) is 13.9 Å². The van der Waals surface area contributed by atoms with E-state index in [1.807, 2.05) is 49.4 Å². The van der Waals surface area contributed by atoms with Gasteiger partial charge in [-0.25, -0.2) is 4.79 Å². The Bertz CT molecular complexity index is 1060. The van der Waals surface area contributed by atoms with Crippen molar-refractivity contribution in [1.29, 1.82) is 0 Å². The van der Waals surface area contributed by atoms with Crippen molar-refractivity contribution in [2.24, 2.45) is 0 Å². The molecule has 1 heterocycles. The highest BCUT2D eigenvalue weighted by Gasteiger charge is 2.16. The second-order valence-corrected chi connectivity index (χ2v) is 7.39. The quantitative estimate of drug-likeness (QED) is 0.586. The van der Waals surface area contributed by atoms with E-state index in [2.05, 4.69) is 6.92 Å². The van der Waals surface area contributed by atoms with Crippen LogP contribution in [-0.4, -0.2) is 34.1 Å². The van der Waals surface area contributed by atoms with Gasteiger partial charge in [-0.05, 0) is 31.5 Å². The minimum absolute atomic E-state index is 0.00668. The summed E-state index contributed by atoms with van der Waals surface area (Å²) in [6.45, 7) is 5.58. The number of methoxy groups -OCH3 is 1. The van der Waals surface area contributed by atoms with Gasteiger partial charge in [-0.1, -0.05) is 36.8 Å². The number of amides is 1. The van der Waals surface area contributed by atoms with E-state index in [4.69, 9.17) is 4.74 Å². The van der Waals surface area contributed by atoms with E-state index in [0.717, 1.165) is 34.3 Å². The predicted octanol–water partition coefficient (Wildman–Crippen LogP) is 3.58. The zero-order chi connectivity index (χ0) is 21.0. The molecule has 0 spiro atoms. The first-order valence-corrected chi connectivity index (χ1v) is 10.0. The zero-order valence-corrected chi connectivity index (χ0v) is 17.6. The third-order valence-corrected chi connectivity index (χ3v) is 5.19. The summed E-state index contributed by atoms with van der Waals surface area (Å²) in [5, 5.41) is 0. The number of hydrogen-bond donors (Lipinski definition) is 0. The molecule has 6 nitrogen and oxygen atoms in total. The number of benzene rings is 2. The minimum Gasteiger partial charge on any atom is -0.496 e. The van der Waals surface area contributed by atoms with Crippen molar-refractivity contribution in [2.75, 3.05) is 14.2 Å². The average molecular weight is 396 g/mol. The summed E-state index contributed by atoms with van der Waals surface area (Å²) >= 11 is 0. The lowest BCUT2D eigenvalue weighted by atomic mass is 10.1. The number of para-hydroxylation sites is 2. The molecule has 0 atom stereocenters. The number of nitrogens with zero attached hydrogens (tertiary/aromatic N) is 3. The Morgan fingerprint density at radius 2 is 1.72 bits per heavy atom. The van der Waals surface area contributed by atoms with Gasteiger partial charge in [0.15, 0.2) is 0 Å². The van der Waals surface area contributed by atoms with Gasteiger partial charge in [0.25, 0.3) is 0 Å². The van der Waals surface area contributed by atoms with Gasteiger partial charge in [-0.15, -0.1) is 0 Å². The largest absolute Gasteiger partial charge is 0.496 e. The topological polar surface area (TPSA) is 56.5 Å². The van der Waals surface area contributed by atoms with E-state index in [0.29, 0.717) is 19.6 Å². The molecule has 0 saturated carbocycles. The van der Waals surface area contributed by atoms with Gasteiger partial charge in [0, 0.05) is 38.7 Å². The van der Waals surface area contributed by atoms with Crippen LogP contribution in [0.15, 0.2) is 47.3 Å². The number of fused-ring (bicyclic) bond motifs is 1. The molecular weight excluding hydrogens is 366 g/mol. The molecule has 0 N–H and O–H groups in total. The average Bonchev–Trinajstić information content (AvgIpc) is 2.98. The molecule has 6 heteroatoms. The van der Waals surface area contributed by atoms with Gasteiger partial charge >= 0.3 is 5.69 Å². The van der Waals surface area contributed by atoms with Crippen molar-refractivity contribution < 1.29 is 9.53 Å². The second kappa shape index (κ2) is 8.99. The van der Waals surface area contributed by atoms with Gasteiger partial charge < -0.3 is 9.64 Å². The SMILES string of the molecule is CCCn1c(=O)n(CCC(=O)N(C)Cc2cc(C)ccc2OC)c2ccccc21.